The predicted molar refractivity (Wildman–Crippen MR) is 78.8 cm³/mol. The van der Waals surface area contributed by atoms with E-state index >= 15 is 0 Å². The molecule has 2 aliphatic rings. The number of hydrogen-bond donors (Lipinski definition) is 1. The van der Waals surface area contributed by atoms with Gasteiger partial charge in [0.05, 0.1) is 12.3 Å². The number of hydrogen-bond acceptors (Lipinski definition) is 2. The normalized spacial score (nSPS) is 21.3. The molecule has 1 heterocycles. The molecule has 1 aromatic rings. The number of rotatable bonds is 4. The molecule has 5 heteroatoms. The Hall–Kier alpha value is -1.62. The minimum atomic E-state index is -0.356. The van der Waals surface area contributed by atoms with E-state index in [9.17, 15) is 9.18 Å². The van der Waals surface area contributed by atoms with Crippen molar-refractivity contribution in [2.45, 2.75) is 32.2 Å². The molecule has 21 heavy (non-hydrogen) atoms. The zero-order chi connectivity index (χ0) is 14.8. The van der Waals surface area contributed by atoms with Gasteiger partial charge in [-0.05, 0) is 37.8 Å². The molecule has 1 aromatic carbocycles. The number of aryl methyl sites for hydroxylation is 1. The number of carbonyl (C=O) groups is 1. The average Bonchev–Trinajstić information content (AvgIpc) is 3.17. The van der Waals surface area contributed by atoms with Gasteiger partial charge in [0.1, 0.15) is 5.82 Å². The summed E-state index contributed by atoms with van der Waals surface area (Å²) in [6.07, 6.45) is 3.07. The molecular formula is C16H21FN2O2. The van der Waals surface area contributed by atoms with E-state index in [-0.39, 0.29) is 17.5 Å². The van der Waals surface area contributed by atoms with Crippen molar-refractivity contribution in [2.75, 3.05) is 25.1 Å². The van der Waals surface area contributed by atoms with Crippen molar-refractivity contribution in [2.24, 2.45) is 5.92 Å². The van der Waals surface area contributed by atoms with Crippen LogP contribution in [-0.2, 0) is 4.74 Å². The molecule has 0 bridgehead atoms. The van der Waals surface area contributed by atoms with Gasteiger partial charge in [-0.25, -0.2) is 9.18 Å². The van der Waals surface area contributed by atoms with E-state index in [0.717, 1.165) is 32.5 Å². The summed E-state index contributed by atoms with van der Waals surface area (Å²) in [5, 5.41) is 2.72. The molecule has 1 saturated heterocycles. The van der Waals surface area contributed by atoms with Crippen LogP contribution in [-0.4, -0.2) is 36.7 Å². The molecule has 2 fully saturated rings. The monoisotopic (exact) mass is 292 g/mol. The molecule has 1 saturated carbocycles. The molecule has 0 unspecified atom stereocenters. The maximum Gasteiger partial charge on any atom is 0.322 e. The summed E-state index contributed by atoms with van der Waals surface area (Å²) >= 11 is 0. The van der Waals surface area contributed by atoms with Gasteiger partial charge in [-0.3, -0.25) is 0 Å². The van der Waals surface area contributed by atoms with Gasteiger partial charge in [0.25, 0.3) is 0 Å². The molecular weight excluding hydrogens is 271 g/mol. The number of benzene rings is 1. The largest absolute Gasteiger partial charge is 0.381 e. The lowest BCUT2D eigenvalue weighted by atomic mass is 10.1. The second-order valence-corrected chi connectivity index (χ2v) is 5.98. The van der Waals surface area contributed by atoms with Crippen LogP contribution in [0, 0.1) is 18.7 Å². The Morgan fingerprint density at radius 2 is 2.24 bits per heavy atom. The molecule has 1 aliphatic heterocycles. The summed E-state index contributed by atoms with van der Waals surface area (Å²) < 4.78 is 19.4. The lowest BCUT2D eigenvalue weighted by molar-refractivity contribution is 0.167. The third-order valence-corrected chi connectivity index (χ3v) is 4.16. The van der Waals surface area contributed by atoms with E-state index in [4.69, 9.17) is 4.74 Å². The van der Waals surface area contributed by atoms with E-state index in [1.54, 1.807) is 25.1 Å². The fraction of sp³-hybridized carbons (Fsp3) is 0.562. The third kappa shape index (κ3) is 3.35. The van der Waals surface area contributed by atoms with Crippen molar-refractivity contribution in [1.82, 2.24) is 4.90 Å². The third-order valence-electron chi connectivity index (χ3n) is 4.16. The van der Waals surface area contributed by atoms with Crippen molar-refractivity contribution in [1.29, 1.82) is 0 Å². The zero-order valence-electron chi connectivity index (χ0n) is 12.3. The number of amides is 2. The molecule has 0 aromatic heterocycles. The summed E-state index contributed by atoms with van der Waals surface area (Å²) in [5.74, 6) is 0.0458. The van der Waals surface area contributed by atoms with Crippen LogP contribution in [0.25, 0.3) is 0 Å². The van der Waals surface area contributed by atoms with E-state index in [1.165, 1.54) is 0 Å². The summed E-state index contributed by atoms with van der Waals surface area (Å²) in [7, 11) is 0. The zero-order valence-corrected chi connectivity index (χ0v) is 12.3. The Balaban J connectivity index is 1.67. The van der Waals surface area contributed by atoms with Gasteiger partial charge in [0.15, 0.2) is 0 Å². The fourth-order valence-corrected chi connectivity index (χ4v) is 2.72. The Kier molecular flexibility index (Phi) is 4.10. The summed E-state index contributed by atoms with van der Waals surface area (Å²) in [5.41, 5.74) is 0.795. The maximum absolute atomic E-state index is 14.0. The van der Waals surface area contributed by atoms with Crippen LogP contribution in [0.2, 0.25) is 0 Å². The quantitative estimate of drug-likeness (QED) is 0.926. The highest BCUT2D eigenvalue weighted by molar-refractivity contribution is 5.90. The van der Waals surface area contributed by atoms with Gasteiger partial charge < -0.3 is 15.0 Å². The van der Waals surface area contributed by atoms with Gasteiger partial charge in [0.2, 0.25) is 0 Å². The summed E-state index contributed by atoms with van der Waals surface area (Å²) in [6, 6.07) is 5.15. The molecule has 114 valence electrons. The number of halogens is 1. The van der Waals surface area contributed by atoms with E-state index < -0.39 is 0 Å². The van der Waals surface area contributed by atoms with Gasteiger partial charge in [-0.1, -0.05) is 12.1 Å². The van der Waals surface area contributed by atoms with Gasteiger partial charge in [-0.15, -0.1) is 0 Å². The average molecular weight is 292 g/mol. The van der Waals surface area contributed by atoms with Crippen molar-refractivity contribution < 1.29 is 13.9 Å². The van der Waals surface area contributed by atoms with Crippen molar-refractivity contribution in [3.05, 3.63) is 29.6 Å². The standard InChI is InChI=1S/C16H21FN2O2/c1-11-3-2-4-14(15(11)17)18-16(20)19(13-5-6-13)9-12-7-8-21-10-12/h2-4,12-13H,5-10H2,1H3,(H,18,20)/t12-/m0/s1. The maximum atomic E-state index is 14.0. The van der Waals surface area contributed by atoms with E-state index in [1.807, 2.05) is 4.90 Å². The SMILES string of the molecule is Cc1cccc(NC(=O)N(C[C@@H]2CCOC2)C2CC2)c1F. The van der Waals surface area contributed by atoms with Crippen LogP contribution in [0.4, 0.5) is 14.9 Å². The lowest BCUT2D eigenvalue weighted by Gasteiger charge is -2.25. The van der Waals surface area contributed by atoms with E-state index in [0.29, 0.717) is 24.1 Å². The Morgan fingerprint density at radius 1 is 1.43 bits per heavy atom. The molecule has 4 nitrogen and oxygen atoms in total. The number of urea groups is 1. The molecule has 1 atom stereocenters. The number of nitrogens with zero attached hydrogens (tertiary/aromatic N) is 1. The van der Waals surface area contributed by atoms with E-state index in [2.05, 4.69) is 5.32 Å². The van der Waals surface area contributed by atoms with Crippen molar-refractivity contribution in [3.63, 3.8) is 0 Å². The van der Waals surface area contributed by atoms with Crippen LogP contribution in [0.15, 0.2) is 18.2 Å². The Bertz CT molecular complexity index is 525. The second kappa shape index (κ2) is 6.02. The predicted octanol–water partition coefficient (Wildman–Crippen LogP) is 3.17. The minimum Gasteiger partial charge on any atom is -0.381 e. The highest BCUT2D eigenvalue weighted by Crippen LogP contribution is 2.30. The van der Waals surface area contributed by atoms with Gasteiger partial charge in [-0.2, -0.15) is 0 Å². The molecule has 0 radical (unpaired) electrons. The van der Waals surface area contributed by atoms with Crippen molar-refractivity contribution in [3.8, 4) is 0 Å². The summed E-state index contributed by atoms with van der Waals surface area (Å²) in [4.78, 5) is 14.3. The first-order valence-electron chi connectivity index (χ1n) is 7.55. The van der Waals surface area contributed by atoms with Crippen LogP contribution in [0.5, 0.6) is 0 Å². The molecule has 1 aliphatic carbocycles. The van der Waals surface area contributed by atoms with Crippen molar-refractivity contribution >= 4 is 11.7 Å². The lowest BCUT2D eigenvalue weighted by Crippen LogP contribution is -2.40. The first-order chi connectivity index (χ1) is 10.1. The first kappa shape index (κ1) is 14.3. The number of carbonyl (C=O) groups excluding carboxylic acids is 1. The molecule has 0 spiro atoms. The first-order valence-corrected chi connectivity index (χ1v) is 7.55. The summed E-state index contributed by atoms with van der Waals surface area (Å²) in [6.45, 7) is 3.88. The highest BCUT2D eigenvalue weighted by Gasteiger charge is 2.35. The van der Waals surface area contributed by atoms with Crippen LogP contribution in [0.1, 0.15) is 24.8 Å². The van der Waals surface area contributed by atoms with Gasteiger partial charge in [0, 0.05) is 25.1 Å². The molecule has 1 N–H and O–H groups in total. The Morgan fingerprint density at radius 3 is 2.90 bits per heavy atom. The molecule has 2 amide bonds. The second-order valence-electron chi connectivity index (χ2n) is 5.98. The van der Waals surface area contributed by atoms with Crippen LogP contribution in [0.3, 0.4) is 0 Å². The Labute approximate surface area is 124 Å². The molecule has 3 rings (SSSR count). The highest BCUT2D eigenvalue weighted by atomic mass is 19.1. The number of nitrogens with one attached hydrogen (secondary N) is 1. The topological polar surface area (TPSA) is 41.6 Å². The van der Waals surface area contributed by atoms with Gasteiger partial charge >= 0.3 is 6.03 Å². The fourth-order valence-electron chi connectivity index (χ4n) is 2.72. The number of anilines is 1. The minimum absolute atomic E-state index is 0.200. The van der Waals surface area contributed by atoms with Crippen LogP contribution < -0.4 is 5.32 Å². The van der Waals surface area contributed by atoms with Crippen LogP contribution >= 0.6 is 0 Å². The number of ether oxygens (including phenoxy) is 1. The smallest absolute Gasteiger partial charge is 0.322 e.